The maximum atomic E-state index is 12.3. The van der Waals surface area contributed by atoms with E-state index in [1.165, 1.54) is 0 Å². The molecule has 0 aromatic heterocycles. The van der Waals surface area contributed by atoms with E-state index in [0.29, 0.717) is 17.9 Å². The van der Waals surface area contributed by atoms with Crippen molar-refractivity contribution in [3.05, 3.63) is 34.9 Å². The number of carbonyl (C=O) groups is 2. The third-order valence-corrected chi connectivity index (χ3v) is 3.57. The largest absolute Gasteiger partial charge is 0.480 e. The smallest absolute Gasteiger partial charge is 0.326 e. The van der Waals surface area contributed by atoms with Crippen LogP contribution in [0.3, 0.4) is 0 Å². The van der Waals surface area contributed by atoms with Crippen molar-refractivity contribution >= 4 is 23.5 Å². The topological polar surface area (TPSA) is 66.4 Å². The van der Waals surface area contributed by atoms with Crippen LogP contribution in [-0.4, -0.2) is 23.0 Å². The number of carboxylic acid groups (broad SMARTS) is 1. The lowest BCUT2D eigenvalue weighted by Crippen LogP contribution is -2.48. The van der Waals surface area contributed by atoms with Crippen LogP contribution >= 0.6 is 11.6 Å². The minimum absolute atomic E-state index is 0.305. The first-order valence-corrected chi connectivity index (χ1v) is 6.96. The highest BCUT2D eigenvalue weighted by molar-refractivity contribution is 6.30. The molecular weight excluding hydrogens is 278 g/mol. The lowest BCUT2D eigenvalue weighted by Gasteiger charge is -2.26. The molecule has 0 heterocycles. The van der Waals surface area contributed by atoms with E-state index in [0.717, 1.165) is 5.56 Å². The van der Waals surface area contributed by atoms with Crippen LogP contribution in [0.25, 0.3) is 0 Å². The van der Waals surface area contributed by atoms with Gasteiger partial charge < -0.3 is 10.4 Å². The molecule has 1 unspecified atom stereocenters. The summed E-state index contributed by atoms with van der Waals surface area (Å²) in [5.74, 6) is -1.31. The minimum atomic E-state index is -1.01. The monoisotopic (exact) mass is 297 g/mol. The zero-order chi connectivity index (χ0) is 15.3. The Morgan fingerprint density at radius 3 is 2.30 bits per heavy atom. The normalized spacial score (nSPS) is 12.8. The molecule has 2 N–H and O–H groups in total. The fraction of sp³-hybridized carbons (Fsp3) is 0.467. The van der Waals surface area contributed by atoms with Gasteiger partial charge in [-0.15, -0.1) is 0 Å². The third-order valence-electron chi connectivity index (χ3n) is 3.31. The second-order valence-corrected chi connectivity index (χ2v) is 5.72. The molecule has 1 aromatic rings. The first-order valence-electron chi connectivity index (χ1n) is 6.58. The van der Waals surface area contributed by atoms with Crippen LogP contribution in [0.4, 0.5) is 0 Å². The van der Waals surface area contributed by atoms with Crippen LogP contribution < -0.4 is 5.32 Å². The predicted octanol–water partition coefficient (Wildman–Crippen LogP) is 2.99. The van der Waals surface area contributed by atoms with E-state index in [4.69, 9.17) is 16.7 Å². The van der Waals surface area contributed by atoms with E-state index >= 15 is 0 Å². The fourth-order valence-corrected chi connectivity index (χ4v) is 2.01. The van der Waals surface area contributed by atoms with E-state index < -0.39 is 17.4 Å². The molecule has 0 aliphatic rings. The first-order chi connectivity index (χ1) is 9.28. The van der Waals surface area contributed by atoms with E-state index in [1.54, 1.807) is 38.1 Å². The lowest BCUT2D eigenvalue weighted by atomic mass is 9.83. The number of benzene rings is 1. The molecule has 1 amide bonds. The second kappa shape index (κ2) is 6.75. The molecule has 0 fully saturated rings. The number of hydrogen-bond donors (Lipinski definition) is 2. The van der Waals surface area contributed by atoms with E-state index in [1.807, 2.05) is 6.92 Å². The fourth-order valence-electron chi connectivity index (χ4n) is 1.88. The molecule has 1 aromatic carbocycles. The van der Waals surface area contributed by atoms with Gasteiger partial charge in [0.15, 0.2) is 0 Å². The maximum absolute atomic E-state index is 12.3. The van der Waals surface area contributed by atoms with Crippen molar-refractivity contribution in [2.75, 3.05) is 0 Å². The lowest BCUT2D eigenvalue weighted by molar-refractivity contribution is -0.142. The molecule has 0 spiro atoms. The van der Waals surface area contributed by atoms with Gasteiger partial charge in [-0.3, -0.25) is 4.79 Å². The Labute approximate surface area is 124 Å². The zero-order valence-electron chi connectivity index (χ0n) is 11.9. The number of aliphatic carboxylic acids is 1. The van der Waals surface area contributed by atoms with Gasteiger partial charge in [-0.25, -0.2) is 4.79 Å². The maximum Gasteiger partial charge on any atom is 0.326 e. The number of halogens is 1. The van der Waals surface area contributed by atoms with Crippen LogP contribution in [0.15, 0.2) is 24.3 Å². The molecule has 0 saturated heterocycles. The molecule has 4 nitrogen and oxygen atoms in total. The molecule has 0 saturated carbocycles. The highest BCUT2D eigenvalue weighted by Gasteiger charge is 2.32. The third kappa shape index (κ3) is 3.97. The van der Waals surface area contributed by atoms with Gasteiger partial charge in [0, 0.05) is 5.02 Å². The Balaban J connectivity index is 2.88. The highest BCUT2D eigenvalue weighted by Crippen LogP contribution is 2.25. The Hall–Kier alpha value is -1.55. The molecule has 1 rings (SSSR count). The summed E-state index contributed by atoms with van der Waals surface area (Å²) in [6.45, 7) is 5.40. The van der Waals surface area contributed by atoms with Crippen LogP contribution in [0.5, 0.6) is 0 Å². The van der Waals surface area contributed by atoms with Crippen molar-refractivity contribution in [2.45, 2.75) is 45.1 Å². The summed E-state index contributed by atoms with van der Waals surface area (Å²) in [5.41, 5.74) is -0.0218. The average Bonchev–Trinajstić information content (AvgIpc) is 2.38. The van der Waals surface area contributed by atoms with Gasteiger partial charge in [0.25, 0.3) is 0 Å². The summed E-state index contributed by atoms with van der Waals surface area (Å²) >= 11 is 5.83. The molecule has 0 aliphatic heterocycles. The van der Waals surface area contributed by atoms with Gasteiger partial charge in [-0.05, 0) is 38.0 Å². The number of nitrogens with one attached hydrogen (secondary N) is 1. The van der Waals surface area contributed by atoms with Gasteiger partial charge in [0.2, 0.25) is 5.91 Å². The number of rotatable bonds is 6. The van der Waals surface area contributed by atoms with Crippen LogP contribution in [0.2, 0.25) is 5.02 Å². The Morgan fingerprint density at radius 1 is 1.30 bits per heavy atom. The van der Waals surface area contributed by atoms with E-state index in [2.05, 4.69) is 5.32 Å². The molecule has 110 valence electrons. The molecule has 0 radical (unpaired) electrons. The van der Waals surface area contributed by atoms with E-state index in [9.17, 15) is 9.59 Å². The van der Waals surface area contributed by atoms with Gasteiger partial charge in [-0.2, -0.15) is 0 Å². The van der Waals surface area contributed by atoms with Gasteiger partial charge >= 0.3 is 5.97 Å². The van der Waals surface area contributed by atoms with Gasteiger partial charge in [-0.1, -0.05) is 37.1 Å². The number of hydrogen-bond acceptors (Lipinski definition) is 2. The molecule has 20 heavy (non-hydrogen) atoms. The first kappa shape index (κ1) is 16.5. The minimum Gasteiger partial charge on any atom is -0.480 e. The van der Waals surface area contributed by atoms with Gasteiger partial charge in [0.1, 0.15) is 6.04 Å². The summed E-state index contributed by atoms with van der Waals surface area (Å²) in [6.07, 6.45) is 1.11. The van der Waals surface area contributed by atoms with E-state index in [-0.39, 0.29) is 5.91 Å². The Bertz CT molecular complexity index is 482. The van der Waals surface area contributed by atoms with Crippen LogP contribution in [-0.2, 0) is 15.0 Å². The van der Waals surface area contributed by atoms with Gasteiger partial charge in [0.05, 0.1) is 5.41 Å². The predicted molar refractivity (Wildman–Crippen MR) is 79.0 cm³/mol. The second-order valence-electron chi connectivity index (χ2n) is 5.28. The van der Waals surface area contributed by atoms with Crippen molar-refractivity contribution in [2.24, 2.45) is 0 Å². The summed E-state index contributed by atoms with van der Waals surface area (Å²) in [5, 5.41) is 12.3. The van der Waals surface area contributed by atoms with Crippen LogP contribution in [0, 0.1) is 0 Å². The van der Waals surface area contributed by atoms with Crippen molar-refractivity contribution in [3.63, 3.8) is 0 Å². The Morgan fingerprint density at radius 2 is 1.85 bits per heavy atom. The Kier molecular flexibility index (Phi) is 5.57. The highest BCUT2D eigenvalue weighted by atomic mass is 35.5. The quantitative estimate of drug-likeness (QED) is 0.848. The molecule has 0 bridgehead atoms. The SMILES string of the molecule is CCCC(NC(=O)C(C)(C)c1ccc(Cl)cc1)C(=O)O. The molecule has 0 aliphatic carbocycles. The molecule has 1 atom stereocenters. The summed E-state index contributed by atoms with van der Waals surface area (Å²) in [4.78, 5) is 23.4. The van der Waals surface area contributed by atoms with Crippen molar-refractivity contribution in [1.82, 2.24) is 5.32 Å². The number of amides is 1. The molecular formula is C15H20ClNO3. The summed E-state index contributed by atoms with van der Waals surface area (Å²) in [7, 11) is 0. The average molecular weight is 298 g/mol. The standard InChI is InChI=1S/C15H20ClNO3/c1-4-5-12(13(18)19)17-14(20)15(2,3)10-6-8-11(16)9-7-10/h6-9,12H,4-5H2,1-3H3,(H,17,20)(H,18,19). The zero-order valence-corrected chi connectivity index (χ0v) is 12.7. The molecule has 5 heteroatoms. The number of carboxylic acids is 1. The van der Waals surface area contributed by atoms with Crippen molar-refractivity contribution in [1.29, 1.82) is 0 Å². The summed E-state index contributed by atoms with van der Waals surface area (Å²) < 4.78 is 0. The van der Waals surface area contributed by atoms with Crippen molar-refractivity contribution in [3.8, 4) is 0 Å². The van der Waals surface area contributed by atoms with Crippen LogP contribution in [0.1, 0.15) is 39.2 Å². The summed E-state index contributed by atoms with van der Waals surface area (Å²) in [6, 6.07) is 6.13. The number of carbonyl (C=O) groups excluding carboxylic acids is 1. The van der Waals surface area contributed by atoms with Crippen molar-refractivity contribution < 1.29 is 14.7 Å².